The third-order valence-electron chi connectivity index (χ3n) is 4.05. The van der Waals surface area contributed by atoms with Crippen molar-refractivity contribution in [2.24, 2.45) is 0 Å². The number of carbonyl (C=O) groups excluding carboxylic acids is 2. The summed E-state index contributed by atoms with van der Waals surface area (Å²) in [6, 6.07) is 14.9. The minimum atomic E-state index is -0.621. The Kier molecular flexibility index (Phi) is 4.51. The number of hydrogen-bond donors (Lipinski definition) is 1. The van der Waals surface area contributed by atoms with Crippen LogP contribution in [-0.2, 0) is 16.0 Å². The summed E-state index contributed by atoms with van der Waals surface area (Å²) in [5, 5.41) is 2.85. The molecular weight excluding hydrogens is 304 g/mol. The Morgan fingerprint density at radius 3 is 2.62 bits per heavy atom. The fraction of sp³-hybridized carbons (Fsp3) is 0.263. The van der Waals surface area contributed by atoms with E-state index in [9.17, 15) is 9.59 Å². The monoisotopic (exact) mass is 324 g/mol. The predicted octanol–water partition coefficient (Wildman–Crippen LogP) is 3.00. The average molecular weight is 324 g/mol. The smallest absolute Gasteiger partial charge is 0.265 e. The van der Waals surface area contributed by atoms with Crippen molar-refractivity contribution in [1.29, 1.82) is 0 Å². The summed E-state index contributed by atoms with van der Waals surface area (Å²) in [6.07, 6.45) is 0.223. The van der Waals surface area contributed by atoms with Gasteiger partial charge in [0.2, 0.25) is 5.91 Å². The normalized spacial score (nSPS) is 14.0. The van der Waals surface area contributed by atoms with Crippen LogP contribution < -0.4 is 15.0 Å². The maximum Gasteiger partial charge on any atom is 0.265 e. The Labute approximate surface area is 141 Å². The number of fused-ring (bicyclic) bond motifs is 1. The molecule has 1 N–H and O–H groups in total. The van der Waals surface area contributed by atoms with Crippen molar-refractivity contribution in [2.45, 2.75) is 26.4 Å². The number of rotatable bonds is 4. The summed E-state index contributed by atoms with van der Waals surface area (Å²) < 4.78 is 5.62. The van der Waals surface area contributed by atoms with Crippen LogP contribution in [0.1, 0.15) is 19.4 Å². The van der Waals surface area contributed by atoms with Gasteiger partial charge in [0, 0.05) is 24.8 Å². The zero-order valence-electron chi connectivity index (χ0n) is 13.8. The van der Waals surface area contributed by atoms with E-state index in [-0.39, 0.29) is 11.8 Å². The molecule has 3 rings (SSSR count). The van der Waals surface area contributed by atoms with E-state index in [0.717, 1.165) is 17.7 Å². The summed E-state index contributed by atoms with van der Waals surface area (Å²) >= 11 is 0. The lowest BCUT2D eigenvalue weighted by molar-refractivity contribution is -0.122. The number of nitrogens with one attached hydrogen (secondary N) is 1. The molecule has 5 heteroatoms. The number of carbonyl (C=O) groups is 2. The lowest BCUT2D eigenvalue weighted by Gasteiger charge is -2.17. The van der Waals surface area contributed by atoms with Gasteiger partial charge in [0.05, 0.1) is 0 Å². The molecule has 0 spiro atoms. The molecule has 0 bridgehead atoms. The molecule has 0 saturated carbocycles. The molecule has 1 heterocycles. The number of anilines is 2. The maximum absolute atomic E-state index is 12.3. The SMILES string of the molecule is CC(=O)N1CCc2ccc(NC(=O)C(C)Oc3ccccc3)cc21. The first-order valence-corrected chi connectivity index (χ1v) is 7.98. The fourth-order valence-electron chi connectivity index (χ4n) is 2.78. The van der Waals surface area contributed by atoms with E-state index < -0.39 is 6.10 Å². The molecule has 0 aliphatic carbocycles. The van der Waals surface area contributed by atoms with Gasteiger partial charge in [0.15, 0.2) is 6.10 Å². The van der Waals surface area contributed by atoms with Crippen LogP contribution in [0.5, 0.6) is 5.75 Å². The second kappa shape index (κ2) is 6.74. The molecule has 124 valence electrons. The lowest BCUT2D eigenvalue weighted by atomic mass is 10.1. The second-order valence-corrected chi connectivity index (χ2v) is 5.83. The van der Waals surface area contributed by atoms with Crippen molar-refractivity contribution < 1.29 is 14.3 Å². The highest BCUT2D eigenvalue weighted by Crippen LogP contribution is 2.31. The van der Waals surface area contributed by atoms with Crippen molar-refractivity contribution in [2.75, 3.05) is 16.8 Å². The molecule has 1 unspecified atom stereocenters. The van der Waals surface area contributed by atoms with Gasteiger partial charge in [-0.05, 0) is 43.2 Å². The van der Waals surface area contributed by atoms with Crippen LogP contribution in [0.15, 0.2) is 48.5 Å². The molecule has 1 atom stereocenters. The average Bonchev–Trinajstić information content (AvgIpc) is 2.99. The van der Waals surface area contributed by atoms with Gasteiger partial charge in [-0.25, -0.2) is 0 Å². The zero-order chi connectivity index (χ0) is 17.1. The van der Waals surface area contributed by atoms with Crippen molar-refractivity contribution >= 4 is 23.2 Å². The molecule has 2 aromatic rings. The van der Waals surface area contributed by atoms with Crippen LogP contribution >= 0.6 is 0 Å². The lowest BCUT2D eigenvalue weighted by Crippen LogP contribution is -2.30. The molecular formula is C19H20N2O3. The third kappa shape index (κ3) is 3.40. The van der Waals surface area contributed by atoms with Crippen molar-refractivity contribution in [3.05, 3.63) is 54.1 Å². The molecule has 24 heavy (non-hydrogen) atoms. The highest BCUT2D eigenvalue weighted by molar-refractivity contribution is 5.97. The molecule has 0 saturated heterocycles. The number of nitrogens with zero attached hydrogens (tertiary/aromatic N) is 1. The van der Waals surface area contributed by atoms with E-state index >= 15 is 0 Å². The van der Waals surface area contributed by atoms with Gasteiger partial charge < -0.3 is 15.0 Å². The highest BCUT2D eigenvalue weighted by atomic mass is 16.5. The number of amides is 2. The molecule has 1 aliphatic rings. The standard InChI is InChI=1S/C19H20N2O3/c1-13(24-17-6-4-3-5-7-17)19(23)20-16-9-8-15-10-11-21(14(2)22)18(15)12-16/h3-9,12-13H,10-11H2,1-2H3,(H,20,23). The van der Waals surface area contributed by atoms with Gasteiger partial charge in [-0.1, -0.05) is 24.3 Å². The van der Waals surface area contributed by atoms with E-state index in [4.69, 9.17) is 4.74 Å². The van der Waals surface area contributed by atoms with Crippen molar-refractivity contribution in [3.8, 4) is 5.75 Å². The molecule has 0 radical (unpaired) electrons. The fourth-order valence-corrected chi connectivity index (χ4v) is 2.78. The first kappa shape index (κ1) is 16.1. The molecule has 1 aliphatic heterocycles. The van der Waals surface area contributed by atoms with Crippen LogP contribution in [0.4, 0.5) is 11.4 Å². The quantitative estimate of drug-likeness (QED) is 0.940. The van der Waals surface area contributed by atoms with E-state index in [1.54, 1.807) is 18.7 Å². The van der Waals surface area contributed by atoms with E-state index in [2.05, 4.69) is 5.32 Å². The van der Waals surface area contributed by atoms with Gasteiger partial charge in [0.25, 0.3) is 5.91 Å². The zero-order valence-corrected chi connectivity index (χ0v) is 13.8. The summed E-state index contributed by atoms with van der Waals surface area (Å²) in [7, 11) is 0. The van der Waals surface area contributed by atoms with Crippen molar-refractivity contribution in [3.63, 3.8) is 0 Å². The van der Waals surface area contributed by atoms with Gasteiger partial charge in [-0.2, -0.15) is 0 Å². The Hall–Kier alpha value is -2.82. The van der Waals surface area contributed by atoms with Gasteiger partial charge >= 0.3 is 0 Å². The largest absolute Gasteiger partial charge is 0.481 e. The number of benzene rings is 2. The van der Waals surface area contributed by atoms with Gasteiger partial charge in [0.1, 0.15) is 5.75 Å². The number of para-hydroxylation sites is 1. The predicted molar refractivity (Wildman–Crippen MR) is 93.3 cm³/mol. The minimum absolute atomic E-state index is 0.0120. The van der Waals surface area contributed by atoms with Crippen molar-refractivity contribution in [1.82, 2.24) is 0 Å². The van der Waals surface area contributed by atoms with Gasteiger partial charge in [-0.15, -0.1) is 0 Å². The Morgan fingerprint density at radius 1 is 1.17 bits per heavy atom. The molecule has 2 amide bonds. The van der Waals surface area contributed by atoms with Crippen LogP contribution in [0.3, 0.4) is 0 Å². The molecule has 5 nitrogen and oxygen atoms in total. The summed E-state index contributed by atoms with van der Waals surface area (Å²) in [5.74, 6) is 0.432. The number of hydrogen-bond acceptors (Lipinski definition) is 3. The summed E-state index contributed by atoms with van der Waals surface area (Å²) in [4.78, 5) is 25.7. The first-order chi connectivity index (χ1) is 11.5. The minimum Gasteiger partial charge on any atom is -0.481 e. The van der Waals surface area contributed by atoms with Crippen LogP contribution in [0, 0.1) is 0 Å². The Bertz CT molecular complexity index is 758. The summed E-state index contributed by atoms with van der Waals surface area (Å²) in [6.45, 7) is 3.95. The maximum atomic E-state index is 12.3. The third-order valence-corrected chi connectivity index (χ3v) is 4.05. The van der Waals surface area contributed by atoms with Crippen LogP contribution in [-0.4, -0.2) is 24.5 Å². The van der Waals surface area contributed by atoms with Crippen LogP contribution in [0.25, 0.3) is 0 Å². The molecule has 0 fully saturated rings. The van der Waals surface area contributed by atoms with E-state index in [1.165, 1.54) is 0 Å². The summed E-state index contributed by atoms with van der Waals surface area (Å²) in [5.41, 5.74) is 2.66. The topological polar surface area (TPSA) is 58.6 Å². The van der Waals surface area contributed by atoms with E-state index in [0.29, 0.717) is 18.0 Å². The second-order valence-electron chi connectivity index (χ2n) is 5.83. The van der Waals surface area contributed by atoms with Crippen LogP contribution in [0.2, 0.25) is 0 Å². The highest BCUT2D eigenvalue weighted by Gasteiger charge is 2.23. The Morgan fingerprint density at radius 2 is 1.92 bits per heavy atom. The first-order valence-electron chi connectivity index (χ1n) is 7.98. The Balaban J connectivity index is 1.69. The molecule has 0 aromatic heterocycles. The number of ether oxygens (including phenoxy) is 1. The van der Waals surface area contributed by atoms with Gasteiger partial charge in [-0.3, -0.25) is 9.59 Å². The molecule has 2 aromatic carbocycles. The van der Waals surface area contributed by atoms with E-state index in [1.807, 2.05) is 48.5 Å².